The highest BCUT2D eigenvalue weighted by atomic mass is 79.9. The first-order valence-corrected chi connectivity index (χ1v) is 8.59. The first-order chi connectivity index (χ1) is 9.70. The highest BCUT2D eigenvalue weighted by Gasteiger charge is 2.21. The zero-order valence-corrected chi connectivity index (χ0v) is 13.8. The van der Waals surface area contributed by atoms with Crippen molar-refractivity contribution in [1.29, 1.82) is 0 Å². The summed E-state index contributed by atoms with van der Waals surface area (Å²) in [6.07, 6.45) is 9.25. The van der Waals surface area contributed by atoms with Crippen LogP contribution in [0.15, 0.2) is 22.7 Å². The second-order valence-corrected chi connectivity index (χ2v) is 6.60. The lowest BCUT2D eigenvalue weighted by atomic mass is 9.88. The van der Waals surface area contributed by atoms with E-state index in [4.69, 9.17) is 0 Å². The van der Waals surface area contributed by atoms with Crippen molar-refractivity contribution in [3.63, 3.8) is 0 Å². The highest BCUT2D eigenvalue weighted by Crippen LogP contribution is 2.28. The zero-order valence-electron chi connectivity index (χ0n) is 12.3. The molecule has 110 valence electrons. The van der Waals surface area contributed by atoms with Crippen LogP contribution in [0.4, 0.5) is 5.69 Å². The van der Waals surface area contributed by atoms with Crippen molar-refractivity contribution >= 4 is 27.5 Å². The first-order valence-electron chi connectivity index (χ1n) is 7.80. The Morgan fingerprint density at radius 1 is 1.30 bits per heavy atom. The Labute approximate surface area is 130 Å². The van der Waals surface area contributed by atoms with Gasteiger partial charge in [-0.15, -0.1) is 0 Å². The van der Waals surface area contributed by atoms with E-state index in [1.54, 1.807) is 0 Å². The normalized spacial score (nSPS) is 16.1. The lowest BCUT2D eigenvalue weighted by molar-refractivity contribution is -0.120. The quantitative estimate of drug-likeness (QED) is 0.774. The van der Waals surface area contributed by atoms with E-state index in [-0.39, 0.29) is 11.8 Å². The van der Waals surface area contributed by atoms with E-state index >= 15 is 0 Å². The van der Waals surface area contributed by atoms with Crippen LogP contribution >= 0.6 is 15.9 Å². The minimum atomic E-state index is 0.187. The molecule has 1 amide bonds. The molecule has 3 heteroatoms. The largest absolute Gasteiger partial charge is 0.325 e. The van der Waals surface area contributed by atoms with Gasteiger partial charge in [-0.25, -0.2) is 0 Å². The molecule has 0 spiro atoms. The van der Waals surface area contributed by atoms with Crippen molar-refractivity contribution in [2.75, 3.05) is 5.32 Å². The molecule has 1 saturated carbocycles. The van der Waals surface area contributed by atoms with Crippen molar-refractivity contribution in [1.82, 2.24) is 0 Å². The summed E-state index contributed by atoms with van der Waals surface area (Å²) < 4.78 is 0.996. The molecule has 0 unspecified atom stereocenters. The van der Waals surface area contributed by atoms with E-state index in [2.05, 4.69) is 40.3 Å². The zero-order chi connectivity index (χ0) is 14.4. The van der Waals surface area contributed by atoms with Gasteiger partial charge in [-0.2, -0.15) is 0 Å². The first kappa shape index (κ1) is 15.6. The highest BCUT2D eigenvalue weighted by molar-refractivity contribution is 9.10. The summed E-state index contributed by atoms with van der Waals surface area (Å²) in [7, 11) is 0. The number of hydrogen-bond acceptors (Lipinski definition) is 1. The molecule has 1 aliphatic rings. The molecule has 0 atom stereocenters. The van der Waals surface area contributed by atoms with Crippen LogP contribution in [-0.2, 0) is 11.2 Å². The van der Waals surface area contributed by atoms with Gasteiger partial charge in [0.1, 0.15) is 0 Å². The Morgan fingerprint density at radius 2 is 2.05 bits per heavy atom. The number of unbranched alkanes of at least 4 members (excludes halogenated alkanes) is 1. The Morgan fingerprint density at radius 3 is 2.70 bits per heavy atom. The summed E-state index contributed by atoms with van der Waals surface area (Å²) in [5, 5.41) is 3.08. The maximum atomic E-state index is 12.2. The Balaban J connectivity index is 1.96. The summed E-state index contributed by atoms with van der Waals surface area (Å²) >= 11 is 3.58. The molecule has 2 rings (SSSR count). The van der Waals surface area contributed by atoms with Gasteiger partial charge in [0.05, 0.1) is 5.69 Å². The van der Waals surface area contributed by atoms with E-state index in [0.717, 1.165) is 29.4 Å². The average Bonchev–Trinajstić information content (AvgIpc) is 2.48. The van der Waals surface area contributed by atoms with Crippen LogP contribution in [0.3, 0.4) is 0 Å². The second-order valence-electron chi connectivity index (χ2n) is 5.74. The van der Waals surface area contributed by atoms with Gasteiger partial charge >= 0.3 is 0 Å². The molecule has 1 aromatic rings. The second kappa shape index (κ2) is 7.82. The Bertz CT molecular complexity index is 452. The molecule has 1 aromatic carbocycles. The van der Waals surface area contributed by atoms with Crippen LogP contribution < -0.4 is 5.32 Å². The van der Waals surface area contributed by atoms with Gasteiger partial charge in [-0.1, -0.05) is 38.7 Å². The molecule has 0 bridgehead atoms. The van der Waals surface area contributed by atoms with Gasteiger partial charge in [-0.3, -0.25) is 4.79 Å². The fourth-order valence-electron chi connectivity index (χ4n) is 2.80. The van der Waals surface area contributed by atoms with Crippen LogP contribution in [0.25, 0.3) is 0 Å². The number of aryl methyl sites for hydroxylation is 1. The fraction of sp³-hybridized carbons (Fsp3) is 0.588. The van der Waals surface area contributed by atoms with Gasteiger partial charge in [0.2, 0.25) is 5.91 Å². The molecule has 0 aromatic heterocycles. The number of amides is 1. The Kier molecular flexibility index (Phi) is 6.08. The fourth-order valence-corrected chi connectivity index (χ4v) is 3.32. The predicted molar refractivity (Wildman–Crippen MR) is 88.0 cm³/mol. The predicted octanol–water partition coefficient (Wildman–Crippen LogP) is 5.31. The van der Waals surface area contributed by atoms with Gasteiger partial charge in [0.15, 0.2) is 0 Å². The number of nitrogens with one attached hydrogen (secondary N) is 1. The molecular weight excluding hydrogens is 314 g/mol. The van der Waals surface area contributed by atoms with E-state index in [9.17, 15) is 4.79 Å². The number of carbonyl (C=O) groups is 1. The number of hydrogen-bond donors (Lipinski definition) is 1. The van der Waals surface area contributed by atoms with Crippen molar-refractivity contribution in [2.24, 2.45) is 5.92 Å². The molecule has 20 heavy (non-hydrogen) atoms. The summed E-state index contributed by atoms with van der Waals surface area (Å²) in [6, 6.07) is 6.28. The van der Waals surface area contributed by atoms with Crippen molar-refractivity contribution in [3.8, 4) is 0 Å². The third-order valence-corrected chi connectivity index (χ3v) is 4.74. The smallest absolute Gasteiger partial charge is 0.227 e. The van der Waals surface area contributed by atoms with Crippen LogP contribution in [0, 0.1) is 5.92 Å². The van der Waals surface area contributed by atoms with E-state index < -0.39 is 0 Å². The third-order valence-electron chi connectivity index (χ3n) is 4.09. The third kappa shape index (κ3) is 4.34. The van der Waals surface area contributed by atoms with Gasteiger partial charge < -0.3 is 5.32 Å². The number of carbonyl (C=O) groups excluding carboxylic acids is 1. The van der Waals surface area contributed by atoms with E-state index in [1.807, 2.05) is 6.07 Å². The monoisotopic (exact) mass is 337 g/mol. The molecule has 0 saturated heterocycles. The SMILES string of the molecule is CCCCc1ccc(NC(=O)C2CCCCC2)c(Br)c1. The van der Waals surface area contributed by atoms with Gasteiger partial charge in [0, 0.05) is 10.4 Å². The molecule has 1 fully saturated rings. The van der Waals surface area contributed by atoms with Gasteiger partial charge in [0.25, 0.3) is 0 Å². The van der Waals surface area contributed by atoms with Crippen molar-refractivity contribution < 1.29 is 4.79 Å². The number of anilines is 1. The minimum Gasteiger partial charge on any atom is -0.325 e. The maximum Gasteiger partial charge on any atom is 0.227 e. The van der Waals surface area contributed by atoms with E-state index in [0.29, 0.717) is 0 Å². The molecule has 0 heterocycles. The number of rotatable bonds is 5. The molecular formula is C17H24BrNO. The number of halogens is 1. The molecule has 0 aliphatic heterocycles. The van der Waals surface area contributed by atoms with Crippen molar-refractivity contribution in [2.45, 2.75) is 58.3 Å². The van der Waals surface area contributed by atoms with Crippen LogP contribution in [0.2, 0.25) is 0 Å². The summed E-state index contributed by atoms with van der Waals surface area (Å²) in [5.41, 5.74) is 2.23. The number of benzene rings is 1. The lowest BCUT2D eigenvalue weighted by Crippen LogP contribution is -2.24. The van der Waals surface area contributed by atoms with Crippen molar-refractivity contribution in [3.05, 3.63) is 28.2 Å². The standard InChI is InChI=1S/C17H24BrNO/c1-2-3-7-13-10-11-16(15(18)12-13)19-17(20)14-8-5-4-6-9-14/h10-12,14H,2-9H2,1H3,(H,19,20). The summed E-state index contributed by atoms with van der Waals surface area (Å²) in [6.45, 7) is 2.20. The van der Waals surface area contributed by atoms with Crippen LogP contribution in [0.5, 0.6) is 0 Å². The van der Waals surface area contributed by atoms with Crippen LogP contribution in [-0.4, -0.2) is 5.91 Å². The van der Waals surface area contributed by atoms with E-state index in [1.165, 1.54) is 37.7 Å². The molecule has 0 radical (unpaired) electrons. The molecule has 1 N–H and O–H groups in total. The summed E-state index contributed by atoms with van der Waals surface area (Å²) in [4.78, 5) is 12.2. The maximum absolute atomic E-state index is 12.2. The lowest BCUT2D eigenvalue weighted by Gasteiger charge is -2.21. The topological polar surface area (TPSA) is 29.1 Å². The Hall–Kier alpha value is -0.830. The molecule has 2 nitrogen and oxygen atoms in total. The molecule has 1 aliphatic carbocycles. The minimum absolute atomic E-state index is 0.187. The van der Waals surface area contributed by atoms with Gasteiger partial charge in [-0.05, 0) is 59.3 Å². The average molecular weight is 338 g/mol. The van der Waals surface area contributed by atoms with Crippen LogP contribution in [0.1, 0.15) is 57.4 Å². The summed E-state index contributed by atoms with van der Waals surface area (Å²) in [5.74, 6) is 0.391.